The Morgan fingerprint density at radius 2 is 1.88 bits per heavy atom. The molecule has 0 radical (unpaired) electrons. The van der Waals surface area contributed by atoms with Crippen LogP contribution in [0, 0.1) is 5.82 Å². The first-order valence-corrected chi connectivity index (χ1v) is 11.6. The molecule has 1 aliphatic heterocycles. The van der Waals surface area contributed by atoms with Gasteiger partial charge < -0.3 is 14.4 Å². The molecule has 0 saturated heterocycles. The van der Waals surface area contributed by atoms with Gasteiger partial charge in [0.05, 0.1) is 30.0 Å². The van der Waals surface area contributed by atoms with Crippen LogP contribution in [0.3, 0.4) is 0 Å². The fourth-order valence-corrected chi connectivity index (χ4v) is 4.75. The van der Waals surface area contributed by atoms with Gasteiger partial charge in [-0.15, -0.1) is 0 Å². The maximum atomic E-state index is 14.6. The molecule has 0 unspecified atom stereocenters. The van der Waals surface area contributed by atoms with Crippen LogP contribution in [0.25, 0.3) is 0 Å². The summed E-state index contributed by atoms with van der Waals surface area (Å²) in [6.07, 6.45) is 0. The largest absolute Gasteiger partial charge is 0.460 e. The highest BCUT2D eigenvalue weighted by Gasteiger charge is 2.29. The van der Waals surface area contributed by atoms with Crippen LogP contribution >= 0.6 is 23.4 Å². The van der Waals surface area contributed by atoms with Gasteiger partial charge in [0, 0.05) is 27.0 Å². The van der Waals surface area contributed by atoms with Gasteiger partial charge in [0.2, 0.25) is 0 Å². The van der Waals surface area contributed by atoms with Crippen molar-refractivity contribution in [1.82, 2.24) is 0 Å². The SMILES string of the molecule is CCOCCOC(=O)c1ccc2c(c1)N(Cc1c(F)cccc1Cl)C(=O)c1ccccc1S2. The van der Waals surface area contributed by atoms with Gasteiger partial charge in [-0.25, -0.2) is 9.18 Å². The highest BCUT2D eigenvalue weighted by Crippen LogP contribution is 2.42. The van der Waals surface area contributed by atoms with E-state index in [4.69, 9.17) is 21.1 Å². The third-order valence-corrected chi connectivity index (χ3v) is 6.61. The number of hydrogen-bond donors (Lipinski definition) is 0. The number of carbonyl (C=O) groups excluding carboxylic acids is 2. The molecule has 3 aromatic rings. The molecule has 5 nitrogen and oxygen atoms in total. The lowest BCUT2D eigenvalue weighted by molar-refractivity contribution is 0.0335. The van der Waals surface area contributed by atoms with Crippen LogP contribution in [0.15, 0.2) is 70.5 Å². The zero-order valence-electron chi connectivity index (χ0n) is 17.8. The van der Waals surface area contributed by atoms with Crippen molar-refractivity contribution in [2.45, 2.75) is 23.3 Å². The topological polar surface area (TPSA) is 55.8 Å². The van der Waals surface area contributed by atoms with Crippen molar-refractivity contribution >= 4 is 40.9 Å². The van der Waals surface area contributed by atoms with Gasteiger partial charge in [0.1, 0.15) is 12.4 Å². The summed E-state index contributed by atoms with van der Waals surface area (Å²) >= 11 is 7.67. The number of esters is 1. The number of halogens is 2. The van der Waals surface area contributed by atoms with Crippen molar-refractivity contribution in [3.05, 3.63) is 88.2 Å². The number of benzene rings is 3. The number of hydrogen-bond acceptors (Lipinski definition) is 5. The Morgan fingerprint density at radius 1 is 1.06 bits per heavy atom. The summed E-state index contributed by atoms with van der Waals surface area (Å²) < 4.78 is 25.1. The predicted molar refractivity (Wildman–Crippen MR) is 126 cm³/mol. The predicted octanol–water partition coefficient (Wildman–Crippen LogP) is 5.98. The lowest BCUT2D eigenvalue weighted by atomic mass is 10.1. The summed E-state index contributed by atoms with van der Waals surface area (Å²) in [5, 5.41) is 0.223. The minimum absolute atomic E-state index is 0.0882. The van der Waals surface area contributed by atoms with E-state index in [0.29, 0.717) is 24.5 Å². The fourth-order valence-electron chi connectivity index (χ4n) is 3.47. The molecule has 1 amide bonds. The first kappa shape index (κ1) is 23.3. The Morgan fingerprint density at radius 3 is 2.67 bits per heavy atom. The molecule has 3 aromatic carbocycles. The van der Waals surface area contributed by atoms with Gasteiger partial charge in [-0.3, -0.25) is 4.79 Å². The van der Waals surface area contributed by atoms with Gasteiger partial charge in [0.25, 0.3) is 5.91 Å². The normalized spacial score (nSPS) is 12.7. The molecule has 0 N–H and O–H groups in total. The van der Waals surface area contributed by atoms with Crippen molar-refractivity contribution in [2.75, 3.05) is 24.7 Å². The summed E-state index contributed by atoms with van der Waals surface area (Å²) in [4.78, 5) is 29.1. The molecule has 0 aliphatic carbocycles. The Kier molecular flexibility index (Phi) is 7.33. The monoisotopic (exact) mass is 485 g/mol. The summed E-state index contributed by atoms with van der Waals surface area (Å²) in [5.74, 6) is -1.34. The first-order valence-electron chi connectivity index (χ1n) is 10.4. The van der Waals surface area contributed by atoms with Crippen molar-refractivity contribution in [3.8, 4) is 0 Å². The third-order valence-electron chi connectivity index (χ3n) is 5.11. The maximum absolute atomic E-state index is 14.6. The number of fused-ring (bicyclic) bond motifs is 2. The average molecular weight is 486 g/mol. The van der Waals surface area contributed by atoms with Crippen LogP contribution < -0.4 is 4.90 Å². The summed E-state index contributed by atoms with van der Waals surface area (Å²) in [6, 6.07) is 16.6. The molecular weight excluding hydrogens is 465 g/mol. The fraction of sp³-hybridized carbons (Fsp3) is 0.200. The summed E-state index contributed by atoms with van der Waals surface area (Å²) in [6.45, 7) is 2.72. The highest BCUT2D eigenvalue weighted by molar-refractivity contribution is 7.99. The van der Waals surface area contributed by atoms with E-state index in [2.05, 4.69) is 0 Å². The molecule has 0 saturated carbocycles. The Bertz CT molecular complexity index is 1180. The van der Waals surface area contributed by atoms with Gasteiger partial charge in [-0.05, 0) is 49.4 Å². The third kappa shape index (κ3) is 5.05. The van der Waals surface area contributed by atoms with Crippen molar-refractivity contribution in [1.29, 1.82) is 0 Å². The van der Waals surface area contributed by atoms with Crippen LogP contribution in [0.2, 0.25) is 5.02 Å². The number of carbonyl (C=O) groups is 2. The lowest BCUT2D eigenvalue weighted by Crippen LogP contribution is -2.31. The van der Waals surface area contributed by atoms with Crippen LogP contribution in [-0.2, 0) is 16.0 Å². The second-order valence-corrected chi connectivity index (χ2v) is 8.70. The molecule has 0 fully saturated rings. The first-order chi connectivity index (χ1) is 16.0. The quantitative estimate of drug-likeness (QED) is 0.304. The molecule has 0 bridgehead atoms. The van der Waals surface area contributed by atoms with Crippen molar-refractivity contribution in [2.24, 2.45) is 0 Å². The standard InChI is InChI=1S/C25H21ClFNO4S/c1-2-31-12-13-32-25(30)16-10-11-23-21(14-16)28(15-18-19(26)7-5-8-20(18)27)24(29)17-6-3-4-9-22(17)33-23/h3-11,14H,2,12-13,15H2,1H3. The van der Waals surface area contributed by atoms with E-state index in [1.165, 1.54) is 28.8 Å². The van der Waals surface area contributed by atoms with E-state index in [1.54, 1.807) is 36.4 Å². The van der Waals surface area contributed by atoms with Crippen molar-refractivity contribution in [3.63, 3.8) is 0 Å². The number of anilines is 1. The molecule has 33 heavy (non-hydrogen) atoms. The van der Waals surface area contributed by atoms with E-state index in [0.717, 1.165) is 9.79 Å². The maximum Gasteiger partial charge on any atom is 0.338 e. The molecule has 4 rings (SSSR count). The molecule has 170 valence electrons. The van der Waals surface area contributed by atoms with Crippen molar-refractivity contribution < 1.29 is 23.5 Å². The van der Waals surface area contributed by atoms with Crippen LogP contribution in [0.1, 0.15) is 33.2 Å². The van der Waals surface area contributed by atoms with E-state index >= 15 is 0 Å². The van der Waals surface area contributed by atoms with E-state index < -0.39 is 11.8 Å². The average Bonchev–Trinajstić information content (AvgIpc) is 2.93. The van der Waals surface area contributed by atoms with E-state index in [1.807, 2.05) is 19.1 Å². The number of amides is 1. The van der Waals surface area contributed by atoms with E-state index in [-0.39, 0.29) is 35.2 Å². The zero-order chi connectivity index (χ0) is 23.4. The summed E-state index contributed by atoms with van der Waals surface area (Å²) in [7, 11) is 0. The van der Waals surface area contributed by atoms with Crippen LogP contribution in [0.5, 0.6) is 0 Å². The Labute approximate surface area is 200 Å². The van der Waals surface area contributed by atoms with Gasteiger partial charge in [-0.2, -0.15) is 0 Å². The Hall–Kier alpha value is -2.87. The van der Waals surface area contributed by atoms with Crippen LogP contribution in [-0.4, -0.2) is 31.7 Å². The second-order valence-electron chi connectivity index (χ2n) is 7.21. The zero-order valence-corrected chi connectivity index (χ0v) is 19.4. The minimum Gasteiger partial charge on any atom is -0.460 e. The second kappa shape index (κ2) is 10.4. The molecule has 1 aliphatic rings. The number of rotatable bonds is 7. The molecule has 0 aromatic heterocycles. The molecule has 8 heteroatoms. The number of nitrogens with zero attached hydrogens (tertiary/aromatic N) is 1. The van der Waals surface area contributed by atoms with Gasteiger partial charge in [0.15, 0.2) is 0 Å². The lowest BCUT2D eigenvalue weighted by Gasteiger charge is -2.24. The molecule has 0 spiro atoms. The van der Waals surface area contributed by atoms with E-state index in [9.17, 15) is 14.0 Å². The summed E-state index contributed by atoms with van der Waals surface area (Å²) in [5.41, 5.74) is 1.47. The minimum atomic E-state index is -0.527. The molecule has 0 atom stereocenters. The van der Waals surface area contributed by atoms with Crippen LogP contribution in [0.4, 0.5) is 10.1 Å². The van der Waals surface area contributed by atoms with Gasteiger partial charge >= 0.3 is 5.97 Å². The molecule has 1 heterocycles. The molecular formula is C25H21ClFNO4S. The highest BCUT2D eigenvalue weighted by atomic mass is 35.5. The smallest absolute Gasteiger partial charge is 0.338 e. The Balaban J connectivity index is 1.74. The van der Waals surface area contributed by atoms with Gasteiger partial charge in [-0.1, -0.05) is 41.6 Å². The number of ether oxygens (including phenoxy) is 2.